The maximum absolute atomic E-state index is 12.4. The molecule has 24 heavy (non-hydrogen) atoms. The molecule has 0 aromatic heterocycles. The Kier molecular flexibility index (Phi) is 7.38. The van der Waals surface area contributed by atoms with Crippen molar-refractivity contribution in [3.63, 3.8) is 0 Å². The first-order valence-electron chi connectivity index (χ1n) is 8.53. The smallest absolute Gasteiger partial charge is 0.230 e. The number of nitrogens with one attached hydrogen (secondary N) is 1. The van der Waals surface area contributed by atoms with Crippen LogP contribution in [0.25, 0.3) is 0 Å². The van der Waals surface area contributed by atoms with Crippen molar-refractivity contribution in [2.75, 3.05) is 5.75 Å². The van der Waals surface area contributed by atoms with Crippen LogP contribution in [-0.2, 0) is 10.5 Å². The van der Waals surface area contributed by atoms with Gasteiger partial charge in [0.05, 0.1) is 11.8 Å². The van der Waals surface area contributed by atoms with Gasteiger partial charge < -0.3 is 5.32 Å². The molecule has 3 heteroatoms. The van der Waals surface area contributed by atoms with Gasteiger partial charge in [-0.05, 0) is 36.0 Å². The molecule has 0 bridgehead atoms. The average molecular weight is 342 g/mol. The standard InChI is InChI=1S/C21H27NOS/c1-16(2)13-20(18-10-5-4-6-11-18)22-21(23)15-24-14-19-12-8-7-9-17(19)3/h4-12,16,20H,13-15H2,1-3H3,(H,22,23)/t20-/m1/s1. The summed E-state index contributed by atoms with van der Waals surface area (Å²) in [4.78, 5) is 12.4. The number of hydrogen-bond acceptors (Lipinski definition) is 2. The molecule has 0 radical (unpaired) electrons. The van der Waals surface area contributed by atoms with Crippen molar-refractivity contribution in [2.45, 2.75) is 39.0 Å². The highest BCUT2D eigenvalue weighted by Crippen LogP contribution is 2.22. The summed E-state index contributed by atoms with van der Waals surface area (Å²) >= 11 is 1.67. The lowest BCUT2D eigenvalue weighted by molar-refractivity contribution is -0.119. The van der Waals surface area contributed by atoms with Gasteiger partial charge in [-0.25, -0.2) is 0 Å². The largest absolute Gasteiger partial charge is 0.349 e. The number of carbonyl (C=O) groups is 1. The predicted octanol–water partition coefficient (Wildman–Crippen LogP) is 5.13. The molecule has 0 spiro atoms. The lowest BCUT2D eigenvalue weighted by Crippen LogP contribution is -2.30. The first kappa shape index (κ1) is 18.6. The Labute approximate surface area is 150 Å². The van der Waals surface area contributed by atoms with Crippen molar-refractivity contribution in [3.8, 4) is 0 Å². The maximum Gasteiger partial charge on any atom is 0.230 e. The van der Waals surface area contributed by atoms with Crippen molar-refractivity contribution >= 4 is 17.7 Å². The van der Waals surface area contributed by atoms with Gasteiger partial charge in [0.25, 0.3) is 0 Å². The number of aryl methyl sites for hydroxylation is 1. The van der Waals surface area contributed by atoms with E-state index in [4.69, 9.17) is 0 Å². The zero-order valence-corrected chi connectivity index (χ0v) is 15.6. The molecule has 0 aliphatic carbocycles. The van der Waals surface area contributed by atoms with Crippen LogP contribution in [-0.4, -0.2) is 11.7 Å². The Morgan fingerprint density at radius 1 is 1.04 bits per heavy atom. The van der Waals surface area contributed by atoms with Gasteiger partial charge in [-0.2, -0.15) is 0 Å². The van der Waals surface area contributed by atoms with Gasteiger partial charge in [0.2, 0.25) is 5.91 Å². The Bertz CT molecular complexity index is 639. The summed E-state index contributed by atoms with van der Waals surface area (Å²) in [6.45, 7) is 6.49. The first-order valence-corrected chi connectivity index (χ1v) is 9.68. The SMILES string of the molecule is Cc1ccccc1CSCC(=O)N[C@H](CC(C)C)c1ccccc1. The van der Waals surface area contributed by atoms with Crippen LogP contribution in [0.2, 0.25) is 0 Å². The van der Waals surface area contributed by atoms with Crippen LogP contribution in [0.3, 0.4) is 0 Å². The van der Waals surface area contributed by atoms with Crippen molar-refractivity contribution in [1.29, 1.82) is 0 Å². The number of benzene rings is 2. The van der Waals surface area contributed by atoms with Gasteiger partial charge in [-0.15, -0.1) is 11.8 Å². The fraction of sp³-hybridized carbons (Fsp3) is 0.381. The second-order valence-corrected chi connectivity index (χ2v) is 7.57. The predicted molar refractivity (Wildman–Crippen MR) is 104 cm³/mol. The minimum atomic E-state index is 0.0951. The van der Waals surface area contributed by atoms with Crippen LogP contribution in [0.15, 0.2) is 54.6 Å². The molecule has 0 saturated heterocycles. The molecule has 128 valence electrons. The molecule has 0 saturated carbocycles. The summed E-state index contributed by atoms with van der Waals surface area (Å²) in [7, 11) is 0. The lowest BCUT2D eigenvalue weighted by atomic mass is 9.97. The normalized spacial score (nSPS) is 12.2. The van der Waals surface area contributed by atoms with E-state index >= 15 is 0 Å². The molecular formula is C21H27NOS. The highest BCUT2D eigenvalue weighted by molar-refractivity contribution is 7.99. The van der Waals surface area contributed by atoms with E-state index in [2.05, 4.69) is 56.4 Å². The second kappa shape index (κ2) is 9.53. The summed E-state index contributed by atoms with van der Waals surface area (Å²) in [5, 5.41) is 3.21. The molecule has 0 aliphatic rings. The van der Waals surface area contributed by atoms with E-state index in [1.807, 2.05) is 24.3 Å². The van der Waals surface area contributed by atoms with Gasteiger partial charge in [0.15, 0.2) is 0 Å². The molecule has 1 atom stereocenters. The van der Waals surface area contributed by atoms with E-state index in [1.165, 1.54) is 16.7 Å². The topological polar surface area (TPSA) is 29.1 Å². The summed E-state index contributed by atoms with van der Waals surface area (Å²) < 4.78 is 0. The van der Waals surface area contributed by atoms with E-state index in [-0.39, 0.29) is 11.9 Å². The van der Waals surface area contributed by atoms with Crippen LogP contribution < -0.4 is 5.32 Å². The fourth-order valence-corrected chi connectivity index (χ4v) is 3.61. The van der Waals surface area contributed by atoms with Crippen LogP contribution >= 0.6 is 11.8 Å². The van der Waals surface area contributed by atoms with Crippen molar-refractivity contribution in [1.82, 2.24) is 5.32 Å². The number of amides is 1. The molecule has 2 aromatic rings. The molecule has 0 fully saturated rings. The zero-order valence-electron chi connectivity index (χ0n) is 14.8. The summed E-state index contributed by atoms with van der Waals surface area (Å²) in [6, 6.07) is 18.7. The minimum absolute atomic E-state index is 0.0951. The molecule has 0 aliphatic heterocycles. The summed E-state index contributed by atoms with van der Waals surface area (Å²) in [5.41, 5.74) is 3.77. The average Bonchev–Trinajstić information content (AvgIpc) is 2.56. The third-order valence-corrected chi connectivity index (χ3v) is 4.98. The number of carbonyl (C=O) groups excluding carboxylic acids is 1. The first-order chi connectivity index (χ1) is 11.6. The zero-order chi connectivity index (χ0) is 17.4. The molecular weight excluding hydrogens is 314 g/mol. The monoisotopic (exact) mass is 341 g/mol. The van der Waals surface area contributed by atoms with Crippen LogP contribution in [0.4, 0.5) is 0 Å². The van der Waals surface area contributed by atoms with E-state index < -0.39 is 0 Å². The Hall–Kier alpha value is -1.74. The van der Waals surface area contributed by atoms with Crippen molar-refractivity contribution < 1.29 is 4.79 Å². The van der Waals surface area contributed by atoms with Gasteiger partial charge in [0, 0.05) is 5.75 Å². The van der Waals surface area contributed by atoms with Gasteiger partial charge in [-0.3, -0.25) is 4.79 Å². The fourth-order valence-electron chi connectivity index (χ4n) is 2.70. The molecule has 1 N–H and O–H groups in total. The Morgan fingerprint density at radius 3 is 2.38 bits per heavy atom. The summed E-state index contributed by atoms with van der Waals surface area (Å²) in [5.74, 6) is 2.02. The quantitative estimate of drug-likeness (QED) is 0.721. The van der Waals surface area contributed by atoms with Gasteiger partial charge >= 0.3 is 0 Å². The molecule has 2 rings (SSSR count). The van der Waals surface area contributed by atoms with Crippen LogP contribution in [0.5, 0.6) is 0 Å². The van der Waals surface area contributed by atoms with E-state index in [9.17, 15) is 4.79 Å². The van der Waals surface area contributed by atoms with Crippen LogP contribution in [0, 0.1) is 12.8 Å². The molecule has 0 unspecified atom stereocenters. The highest BCUT2D eigenvalue weighted by Gasteiger charge is 2.16. The van der Waals surface area contributed by atoms with E-state index in [0.717, 1.165) is 12.2 Å². The number of rotatable bonds is 8. The van der Waals surface area contributed by atoms with Gasteiger partial charge in [-0.1, -0.05) is 68.4 Å². The minimum Gasteiger partial charge on any atom is -0.349 e. The van der Waals surface area contributed by atoms with Crippen molar-refractivity contribution in [2.24, 2.45) is 5.92 Å². The molecule has 2 nitrogen and oxygen atoms in total. The highest BCUT2D eigenvalue weighted by atomic mass is 32.2. The number of thioether (sulfide) groups is 1. The molecule has 1 amide bonds. The second-order valence-electron chi connectivity index (χ2n) is 6.58. The third kappa shape index (κ3) is 6.04. The maximum atomic E-state index is 12.4. The molecule has 2 aromatic carbocycles. The Balaban J connectivity index is 1.87. The van der Waals surface area contributed by atoms with E-state index in [1.54, 1.807) is 11.8 Å². The lowest BCUT2D eigenvalue weighted by Gasteiger charge is -2.21. The van der Waals surface area contributed by atoms with Crippen LogP contribution in [0.1, 0.15) is 43.0 Å². The Morgan fingerprint density at radius 2 is 1.71 bits per heavy atom. The van der Waals surface area contributed by atoms with E-state index in [0.29, 0.717) is 11.7 Å². The van der Waals surface area contributed by atoms with Gasteiger partial charge in [0.1, 0.15) is 0 Å². The summed E-state index contributed by atoms with van der Waals surface area (Å²) in [6.07, 6.45) is 0.957. The van der Waals surface area contributed by atoms with Crippen molar-refractivity contribution in [3.05, 3.63) is 71.3 Å². The molecule has 0 heterocycles. The third-order valence-electron chi connectivity index (χ3n) is 4.00. The number of hydrogen-bond donors (Lipinski definition) is 1.